The predicted molar refractivity (Wildman–Crippen MR) is 141 cm³/mol. The van der Waals surface area contributed by atoms with Crippen LogP contribution in [-0.2, 0) is 6.54 Å². The number of nitrogens with one attached hydrogen (secondary N) is 2. The van der Waals surface area contributed by atoms with E-state index in [1.54, 1.807) is 24.3 Å². The van der Waals surface area contributed by atoms with Gasteiger partial charge in [0.25, 0.3) is 0 Å². The zero-order valence-corrected chi connectivity index (χ0v) is 20.7. The number of rotatable bonds is 6. The minimum atomic E-state index is -0.344. The largest absolute Gasteiger partial charge is 0.338 e. The SMILES string of the molecule is CN1CCC[C@H](CNC(=O)NCc2ccc3nc(-c4ccc(F)cc4)c(-c4ccc(F)cc4)nc3c2)C1. The fraction of sp³-hybridized carbons (Fsp3) is 0.276. The maximum atomic E-state index is 13.6. The molecule has 2 heterocycles. The van der Waals surface area contributed by atoms with Crippen molar-refractivity contribution in [2.24, 2.45) is 5.92 Å². The van der Waals surface area contributed by atoms with Crippen LogP contribution >= 0.6 is 0 Å². The van der Waals surface area contributed by atoms with Crippen LogP contribution in [0, 0.1) is 17.6 Å². The molecule has 3 aromatic carbocycles. The van der Waals surface area contributed by atoms with Crippen LogP contribution in [-0.4, -0.2) is 47.6 Å². The Morgan fingerprint density at radius 2 is 1.51 bits per heavy atom. The van der Waals surface area contributed by atoms with E-state index in [2.05, 4.69) is 22.6 Å². The molecule has 1 fully saturated rings. The molecule has 190 valence electrons. The summed E-state index contributed by atoms with van der Waals surface area (Å²) in [5.41, 5.74) is 4.76. The fourth-order valence-electron chi connectivity index (χ4n) is 4.75. The summed E-state index contributed by atoms with van der Waals surface area (Å²) < 4.78 is 27.1. The van der Waals surface area contributed by atoms with E-state index in [1.165, 1.54) is 24.3 Å². The first-order chi connectivity index (χ1) is 17.9. The van der Waals surface area contributed by atoms with E-state index in [4.69, 9.17) is 9.97 Å². The van der Waals surface area contributed by atoms with Crippen molar-refractivity contribution in [3.63, 3.8) is 0 Å². The quantitative estimate of drug-likeness (QED) is 0.372. The highest BCUT2D eigenvalue weighted by Crippen LogP contribution is 2.31. The molecule has 0 bridgehead atoms. The molecule has 1 atom stereocenters. The van der Waals surface area contributed by atoms with Crippen molar-refractivity contribution in [2.75, 3.05) is 26.7 Å². The molecule has 1 aromatic heterocycles. The third-order valence-electron chi connectivity index (χ3n) is 6.69. The van der Waals surface area contributed by atoms with E-state index in [1.807, 2.05) is 18.2 Å². The topological polar surface area (TPSA) is 70.2 Å². The van der Waals surface area contributed by atoms with E-state index in [-0.39, 0.29) is 17.7 Å². The number of hydrogen-bond donors (Lipinski definition) is 2. The number of aromatic nitrogens is 2. The second-order valence-corrected chi connectivity index (χ2v) is 9.59. The first-order valence-corrected chi connectivity index (χ1v) is 12.5. The number of piperidine rings is 1. The van der Waals surface area contributed by atoms with E-state index >= 15 is 0 Å². The molecule has 0 aliphatic carbocycles. The van der Waals surface area contributed by atoms with E-state index in [0.29, 0.717) is 52.6 Å². The van der Waals surface area contributed by atoms with Crippen LogP contribution in [0.15, 0.2) is 66.7 Å². The van der Waals surface area contributed by atoms with Crippen molar-refractivity contribution >= 4 is 17.1 Å². The smallest absolute Gasteiger partial charge is 0.315 e. The lowest BCUT2D eigenvalue weighted by atomic mass is 9.99. The van der Waals surface area contributed by atoms with Crippen molar-refractivity contribution < 1.29 is 13.6 Å². The van der Waals surface area contributed by atoms with Crippen LogP contribution in [0.4, 0.5) is 13.6 Å². The van der Waals surface area contributed by atoms with Gasteiger partial charge < -0.3 is 15.5 Å². The van der Waals surface area contributed by atoms with Gasteiger partial charge in [0, 0.05) is 30.8 Å². The Kier molecular flexibility index (Phi) is 7.37. The highest BCUT2D eigenvalue weighted by molar-refractivity contribution is 5.86. The maximum absolute atomic E-state index is 13.6. The summed E-state index contributed by atoms with van der Waals surface area (Å²) in [4.78, 5) is 24.3. The zero-order valence-electron chi connectivity index (χ0n) is 20.7. The number of amides is 2. The molecule has 8 heteroatoms. The van der Waals surface area contributed by atoms with Crippen molar-refractivity contribution in [1.82, 2.24) is 25.5 Å². The lowest BCUT2D eigenvalue weighted by Gasteiger charge is -2.29. The molecule has 37 heavy (non-hydrogen) atoms. The number of fused-ring (bicyclic) bond motifs is 1. The molecule has 0 radical (unpaired) electrons. The third kappa shape index (κ3) is 6.09. The standard InChI is InChI=1S/C29H29F2N5O/c1-36-14-2-3-20(18-36)17-33-29(37)32-16-19-4-13-25-26(15-19)35-28(22-7-11-24(31)12-8-22)27(34-25)21-5-9-23(30)10-6-21/h4-13,15,20H,2-3,14,16-18H2,1H3,(H2,32,33,37)/t20-/m1/s1. The van der Waals surface area contributed by atoms with Gasteiger partial charge in [-0.15, -0.1) is 0 Å². The molecule has 2 N–H and O–H groups in total. The van der Waals surface area contributed by atoms with Crippen molar-refractivity contribution in [1.29, 1.82) is 0 Å². The number of carbonyl (C=O) groups excluding carboxylic acids is 1. The van der Waals surface area contributed by atoms with Gasteiger partial charge in [-0.2, -0.15) is 0 Å². The Morgan fingerprint density at radius 3 is 2.14 bits per heavy atom. The summed E-state index contributed by atoms with van der Waals surface area (Å²) in [6.07, 6.45) is 2.29. The maximum Gasteiger partial charge on any atom is 0.315 e. The van der Waals surface area contributed by atoms with Crippen molar-refractivity contribution in [3.05, 3.63) is 83.9 Å². The molecular formula is C29H29F2N5O. The summed E-state index contributed by atoms with van der Waals surface area (Å²) in [6.45, 7) is 3.12. The van der Waals surface area contributed by atoms with Gasteiger partial charge in [0.05, 0.1) is 22.4 Å². The third-order valence-corrected chi connectivity index (χ3v) is 6.69. The van der Waals surface area contributed by atoms with Gasteiger partial charge in [-0.05, 0) is 98.6 Å². The number of halogens is 2. The lowest BCUT2D eigenvalue weighted by molar-refractivity contribution is 0.202. The predicted octanol–water partition coefficient (Wildman–Crippen LogP) is 5.38. The van der Waals surface area contributed by atoms with Crippen LogP contribution in [0.2, 0.25) is 0 Å². The molecule has 1 aliphatic rings. The van der Waals surface area contributed by atoms with Gasteiger partial charge in [-0.25, -0.2) is 23.5 Å². The summed E-state index contributed by atoms with van der Waals surface area (Å²) in [5.74, 6) is -0.211. The average molecular weight is 502 g/mol. The number of benzene rings is 3. The van der Waals surface area contributed by atoms with E-state index < -0.39 is 0 Å². The van der Waals surface area contributed by atoms with Crippen LogP contribution < -0.4 is 10.6 Å². The molecule has 1 saturated heterocycles. The van der Waals surface area contributed by atoms with Crippen molar-refractivity contribution in [3.8, 4) is 22.5 Å². The zero-order chi connectivity index (χ0) is 25.8. The molecular weight excluding hydrogens is 472 g/mol. The summed E-state index contributed by atoms with van der Waals surface area (Å²) in [7, 11) is 2.11. The average Bonchev–Trinajstić information content (AvgIpc) is 2.91. The second-order valence-electron chi connectivity index (χ2n) is 9.59. The minimum Gasteiger partial charge on any atom is -0.338 e. The molecule has 0 spiro atoms. The number of carbonyl (C=O) groups is 1. The number of likely N-dealkylation sites (tertiary alicyclic amines) is 1. The normalized spacial score (nSPS) is 16.0. The van der Waals surface area contributed by atoms with Crippen LogP contribution in [0.25, 0.3) is 33.5 Å². The molecule has 1 aliphatic heterocycles. The molecule has 4 aromatic rings. The van der Waals surface area contributed by atoms with Crippen LogP contribution in [0.5, 0.6) is 0 Å². The molecule has 2 amide bonds. The van der Waals surface area contributed by atoms with Gasteiger partial charge in [0.15, 0.2) is 0 Å². The Balaban J connectivity index is 1.36. The fourth-order valence-corrected chi connectivity index (χ4v) is 4.75. The number of nitrogens with zero attached hydrogens (tertiary/aromatic N) is 3. The van der Waals surface area contributed by atoms with Gasteiger partial charge in [0.1, 0.15) is 11.6 Å². The Labute approximate surface area is 214 Å². The molecule has 5 rings (SSSR count). The van der Waals surface area contributed by atoms with Gasteiger partial charge >= 0.3 is 6.03 Å². The Hall–Kier alpha value is -3.91. The highest BCUT2D eigenvalue weighted by Gasteiger charge is 2.18. The lowest BCUT2D eigenvalue weighted by Crippen LogP contribution is -2.42. The molecule has 6 nitrogen and oxygen atoms in total. The first kappa shape index (κ1) is 24.8. The van der Waals surface area contributed by atoms with Crippen LogP contribution in [0.3, 0.4) is 0 Å². The summed E-state index contributed by atoms with van der Waals surface area (Å²) >= 11 is 0. The van der Waals surface area contributed by atoms with E-state index in [0.717, 1.165) is 31.5 Å². The number of hydrogen-bond acceptors (Lipinski definition) is 4. The summed E-state index contributed by atoms with van der Waals surface area (Å²) in [5, 5.41) is 5.90. The van der Waals surface area contributed by atoms with Gasteiger partial charge in [-0.1, -0.05) is 6.07 Å². The Bertz CT molecular complexity index is 1390. The van der Waals surface area contributed by atoms with Gasteiger partial charge in [0.2, 0.25) is 0 Å². The summed E-state index contributed by atoms with van der Waals surface area (Å²) in [6, 6.07) is 17.6. The van der Waals surface area contributed by atoms with Crippen molar-refractivity contribution in [2.45, 2.75) is 19.4 Å². The molecule has 0 unspecified atom stereocenters. The second kappa shape index (κ2) is 11.0. The Morgan fingerprint density at radius 1 is 0.892 bits per heavy atom. The first-order valence-electron chi connectivity index (χ1n) is 12.5. The van der Waals surface area contributed by atoms with Gasteiger partial charge in [-0.3, -0.25) is 0 Å². The number of urea groups is 1. The minimum absolute atomic E-state index is 0.196. The van der Waals surface area contributed by atoms with E-state index in [9.17, 15) is 13.6 Å². The van der Waals surface area contributed by atoms with Crippen LogP contribution in [0.1, 0.15) is 18.4 Å². The monoisotopic (exact) mass is 501 g/mol. The molecule has 0 saturated carbocycles. The highest BCUT2D eigenvalue weighted by atomic mass is 19.1.